The molecule has 26 heavy (non-hydrogen) atoms. The van der Waals surface area contributed by atoms with Crippen LogP contribution in [0.2, 0.25) is 5.02 Å². The average molecular weight is 407 g/mol. The molecule has 1 atom stereocenters. The van der Waals surface area contributed by atoms with Gasteiger partial charge in [-0.15, -0.1) is 0 Å². The van der Waals surface area contributed by atoms with Gasteiger partial charge in [0.25, 0.3) is 0 Å². The maximum Gasteiger partial charge on any atom is 0.417 e. The lowest BCUT2D eigenvalue weighted by molar-refractivity contribution is -0.307. The van der Waals surface area contributed by atoms with Crippen molar-refractivity contribution in [1.29, 1.82) is 0 Å². The zero-order valence-electron chi connectivity index (χ0n) is 13.0. The minimum atomic E-state index is -4.86. The van der Waals surface area contributed by atoms with E-state index >= 15 is 0 Å². The van der Waals surface area contributed by atoms with Gasteiger partial charge < -0.3 is 9.90 Å². The van der Waals surface area contributed by atoms with E-state index in [1.807, 2.05) is 4.72 Å². The Bertz CT molecular complexity index is 901. The van der Waals surface area contributed by atoms with Gasteiger partial charge in [-0.1, -0.05) is 41.9 Å². The Morgan fingerprint density at radius 1 is 1.15 bits per heavy atom. The van der Waals surface area contributed by atoms with Gasteiger partial charge in [-0.3, -0.25) is 0 Å². The lowest BCUT2D eigenvalue weighted by Crippen LogP contribution is -2.49. The molecule has 0 saturated carbocycles. The zero-order chi connectivity index (χ0) is 19.5. The van der Waals surface area contributed by atoms with Gasteiger partial charge in [0.2, 0.25) is 10.0 Å². The third-order valence-electron chi connectivity index (χ3n) is 3.42. The number of sulfonamides is 1. The molecule has 0 aromatic heterocycles. The van der Waals surface area contributed by atoms with Gasteiger partial charge in [-0.05, 0) is 30.2 Å². The van der Waals surface area contributed by atoms with Crippen molar-refractivity contribution >= 4 is 27.6 Å². The second-order valence-electron chi connectivity index (χ2n) is 5.32. The fourth-order valence-electron chi connectivity index (χ4n) is 2.17. The minimum absolute atomic E-state index is 0.234. The third-order valence-corrected chi connectivity index (χ3v) is 5.22. The summed E-state index contributed by atoms with van der Waals surface area (Å²) in [6.07, 6.45) is -5.09. The Hall–Kier alpha value is -2.10. The molecule has 0 radical (unpaired) electrons. The van der Waals surface area contributed by atoms with Crippen LogP contribution in [0.15, 0.2) is 53.4 Å². The summed E-state index contributed by atoms with van der Waals surface area (Å²) in [5, 5.41) is 10.6. The number of alkyl halides is 3. The molecular formula is C16H12ClF3NO4S-. The number of nitrogens with one attached hydrogen (secondary N) is 1. The van der Waals surface area contributed by atoms with E-state index in [0.717, 1.165) is 12.1 Å². The molecule has 0 saturated heterocycles. The zero-order valence-corrected chi connectivity index (χ0v) is 14.5. The number of carboxylic acid groups (broad SMARTS) is 1. The monoisotopic (exact) mass is 406 g/mol. The Balaban J connectivity index is 2.32. The summed E-state index contributed by atoms with van der Waals surface area (Å²) >= 11 is 5.46. The normalized spacial score (nSPS) is 13.4. The number of aliphatic carboxylic acids is 1. The van der Waals surface area contributed by atoms with E-state index in [4.69, 9.17) is 11.6 Å². The van der Waals surface area contributed by atoms with Gasteiger partial charge in [0.1, 0.15) is 0 Å². The van der Waals surface area contributed by atoms with Crippen LogP contribution in [-0.4, -0.2) is 20.4 Å². The van der Waals surface area contributed by atoms with Crippen LogP contribution >= 0.6 is 11.6 Å². The summed E-state index contributed by atoms with van der Waals surface area (Å²) in [5.41, 5.74) is -0.827. The predicted octanol–water partition coefficient (Wildman–Crippen LogP) is 2.00. The molecular weight excluding hydrogens is 395 g/mol. The predicted molar refractivity (Wildman–Crippen MR) is 85.7 cm³/mol. The van der Waals surface area contributed by atoms with E-state index in [9.17, 15) is 31.5 Å². The summed E-state index contributed by atoms with van der Waals surface area (Å²) in [5.74, 6) is -1.71. The Morgan fingerprint density at radius 2 is 1.77 bits per heavy atom. The topological polar surface area (TPSA) is 86.3 Å². The summed E-state index contributed by atoms with van der Waals surface area (Å²) < 4.78 is 65.2. The first-order chi connectivity index (χ1) is 12.0. The van der Waals surface area contributed by atoms with Crippen LogP contribution in [0.1, 0.15) is 11.1 Å². The van der Waals surface area contributed by atoms with Crippen molar-refractivity contribution < 1.29 is 31.5 Å². The molecule has 5 nitrogen and oxygen atoms in total. The van der Waals surface area contributed by atoms with E-state index in [2.05, 4.69) is 0 Å². The van der Waals surface area contributed by atoms with E-state index in [1.165, 1.54) is 0 Å². The van der Waals surface area contributed by atoms with Crippen molar-refractivity contribution in [3.8, 4) is 0 Å². The number of carbonyl (C=O) groups excluding carboxylic acids is 1. The molecule has 1 unspecified atom stereocenters. The number of rotatable bonds is 6. The minimum Gasteiger partial charge on any atom is -0.548 e. The standard InChI is InChI=1S/C16H13ClF3NO4S/c17-13-7-6-11(9-12(13)16(18,19)20)26(24,25)21-14(15(22)23)8-10-4-2-1-3-5-10/h1-7,9,14,21H,8H2,(H,22,23)/p-1. The molecule has 0 heterocycles. The second-order valence-corrected chi connectivity index (χ2v) is 7.44. The Morgan fingerprint density at radius 3 is 2.31 bits per heavy atom. The second kappa shape index (κ2) is 7.65. The van der Waals surface area contributed by atoms with Crippen LogP contribution in [0.4, 0.5) is 13.2 Å². The van der Waals surface area contributed by atoms with Crippen molar-refractivity contribution in [2.45, 2.75) is 23.5 Å². The molecule has 1 N–H and O–H groups in total. The number of carboxylic acids is 1. The molecule has 0 aliphatic rings. The first kappa shape index (κ1) is 20.2. The number of hydrogen-bond acceptors (Lipinski definition) is 4. The summed E-state index contributed by atoms with van der Waals surface area (Å²) in [7, 11) is -4.55. The maximum absolute atomic E-state index is 12.9. The van der Waals surface area contributed by atoms with Gasteiger partial charge >= 0.3 is 6.18 Å². The highest BCUT2D eigenvalue weighted by Gasteiger charge is 2.34. The van der Waals surface area contributed by atoms with Crippen LogP contribution < -0.4 is 9.83 Å². The molecule has 0 aliphatic carbocycles. The van der Waals surface area contributed by atoms with E-state index in [-0.39, 0.29) is 6.42 Å². The number of halogens is 4. The highest BCUT2D eigenvalue weighted by Crippen LogP contribution is 2.35. The molecule has 0 spiro atoms. The van der Waals surface area contributed by atoms with E-state index < -0.39 is 43.7 Å². The van der Waals surface area contributed by atoms with Gasteiger partial charge in [0.15, 0.2) is 0 Å². The SMILES string of the molecule is O=C([O-])C(Cc1ccccc1)NS(=O)(=O)c1ccc(Cl)c(C(F)(F)F)c1. The van der Waals surface area contributed by atoms with Crippen molar-refractivity contribution in [2.24, 2.45) is 0 Å². The van der Waals surface area contributed by atoms with Crippen molar-refractivity contribution in [1.82, 2.24) is 4.72 Å². The lowest BCUT2D eigenvalue weighted by atomic mass is 10.1. The van der Waals surface area contributed by atoms with Gasteiger partial charge in [0.05, 0.1) is 27.5 Å². The van der Waals surface area contributed by atoms with Crippen LogP contribution in [0, 0.1) is 0 Å². The molecule has 140 valence electrons. The summed E-state index contributed by atoms with van der Waals surface area (Å²) in [6.45, 7) is 0. The fraction of sp³-hybridized carbons (Fsp3) is 0.188. The fourth-order valence-corrected chi connectivity index (χ4v) is 3.60. The van der Waals surface area contributed by atoms with Gasteiger partial charge in [-0.25, -0.2) is 13.1 Å². The molecule has 0 bridgehead atoms. The van der Waals surface area contributed by atoms with Crippen LogP contribution in [0.5, 0.6) is 0 Å². The van der Waals surface area contributed by atoms with Crippen molar-refractivity contribution in [3.05, 3.63) is 64.7 Å². The smallest absolute Gasteiger partial charge is 0.417 e. The van der Waals surface area contributed by atoms with Crippen LogP contribution in [-0.2, 0) is 27.4 Å². The Labute approximate surface area is 152 Å². The largest absolute Gasteiger partial charge is 0.548 e. The van der Waals surface area contributed by atoms with Gasteiger partial charge in [0, 0.05) is 0 Å². The summed E-state index contributed by atoms with van der Waals surface area (Å²) in [6, 6.07) is 8.43. The molecule has 0 aliphatic heterocycles. The quantitative estimate of drug-likeness (QED) is 0.795. The van der Waals surface area contributed by atoms with Crippen molar-refractivity contribution in [2.75, 3.05) is 0 Å². The van der Waals surface area contributed by atoms with Crippen LogP contribution in [0.25, 0.3) is 0 Å². The van der Waals surface area contributed by atoms with Gasteiger partial charge in [-0.2, -0.15) is 13.2 Å². The van der Waals surface area contributed by atoms with E-state index in [1.54, 1.807) is 30.3 Å². The molecule has 2 rings (SSSR count). The first-order valence-corrected chi connectivity index (χ1v) is 9.00. The maximum atomic E-state index is 12.9. The number of hydrogen-bond donors (Lipinski definition) is 1. The third kappa shape index (κ3) is 4.96. The summed E-state index contributed by atoms with van der Waals surface area (Å²) in [4.78, 5) is 10.5. The molecule has 2 aromatic carbocycles. The highest BCUT2D eigenvalue weighted by molar-refractivity contribution is 7.89. The lowest BCUT2D eigenvalue weighted by Gasteiger charge is -2.20. The molecule has 0 amide bonds. The van der Waals surface area contributed by atoms with Crippen molar-refractivity contribution in [3.63, 3.8) is 0 Å². The van der Waals surface area contributed by atoms with Crippen LogP contribution in [0.3, 0.4) is 0 Å². The molecule has 10 heteroatoms. The Kier molecular flexibility index (Phi) is 5.94. The average Bonchev–Trinajstić information content (AvgIpc) is 2.54. The number of benzene rings is 2. The molecule has 0 fully saturated rings. The van der Waals surface area contributed by atoms with E-state index in [0.29, 0.717) is 11.6 Å². The number of carbonyl (C=O) groups is 1. The molecule has 2 aromatic rings. The highest BCUT2D eigenvalue weighted by atomic mass is 35.5. The first-order valence-electron chi connectivity index (χ1n) is 7.14.